The Kier molecular flexibility index (Phi) is 15.4. The maximum Gasteiger partial charge on any atom is 0.00303 e. The highest BCUT2D eigenvalue weighted by Crippen LogP contribution is 2.32. The molecule has 0 nitrogen and oxygen atoms in total. The van der Waals surface area contributed by atoms with E-state index in [0.29, 0.717) is 29.6 Å². The average molecular weight is 479 g/mol. The Morgan fingerprint density at radius 1 is 0.765 bits per heavy atom. The minimum absolute atomic E-state index is 0.0572. The van der Waals surface area contributed by atoms with Crippen molar-refractivity contribution in [2.75, 3.05) is 0 Å². The first kappa shape index (κ1) is 32.4. The van der Waals surface area contributed by atoms with Gasteiger partial charge in [-0.05, 0) is 95.3 Å². The Bertz CT molecular complexity index is 714. The molecule has 0 rings (SSSR count). The minimum Gasteiger partial charge on any atom is -0.102 e. The van der Waals surface area contributed by atoms with E-state index in [-0.39, 0.29) is 5.41 Å². The molecule has 6 atom stereocenters. The van der Waals surface area contributed by atoms with Gasteiger partial charge in [0.05, 0.1) is 0 Å². The molecular formula is C34H58. The van der Waals surface area contributed by atoms with Crippen LogP contribution in [0.25, 0.3) is 0 Å². The van der Waals surface area contributed by atoms with E-state index >= 15 is 0 Å². The lowest BCUT2D eigenvalue weighted by molar-refractivity contribution is 0.429. The summed E-state index contributed by atoms with van der Waals surface area (Å²) in [6, 6.07) is 0. The van der Waals surface area contributed by atoms with Crippen molar-refractivity contribution in [3.63, 3.8) is 0 Å². The molecule has 0 saturated carbocycles. The average Bonchev–Trinajstić information content (AvgIpc) is 2.80. The standard InChI is InChI=1S/C34H58/c1-14-34(13,24-22-33(12)32(11)20-18-29(8)26(4)5)23-21-27(6)15-16-30(9)31(10)19-17-28(7)25(2)3/h14,20-21,23,27-30,33H,1-2,4,10,15-19,22,24H2,3,5-9,11-13H3/b23-21+,32-20+/i1+1,2+1,4+1,6+1,10+1,11+1,13+1,16+1,17+1,18+1,22+1,23+1. The molecule has 0 aromatic carbocycles. The predicted molar refractivity (Wildman–Crippen MR) is 158 cm³/mol. The van der Waals surface area contributed by atoms with Crippen LogP contribution in [0, 0.1) is 35.0 Å². The third-order valence-corrected chi connectivity index (χ3v) is 8.29. The van der Waals surface area contributed by atoms with Gasteiger partial charge < -0.3 is 0 Å². The van der Waals surface area contributed by atoms with Crippen LogP contribution in [0.1, 0.15) is 107 Å². The van der Waals surface area contributed by atoms with Gasteiger partial charge in [-0.3, -0.25) is 0 Å². The summed E-state index contributed by atoms with van der Waals surface area (Å²) in [7, 11) is 0. The quantitative estimate of drug-likeness (QED) is 0.136. The maximum atomic E-state index is 4.38. The van der Waals surface area contributed by atoms with E-state index in [1.165, 1.54) is 48.0 Å². The fourth-order valence-electron chi connectivity index (χ4n) is 3.87. The fraction of sp³-hybridized carbons (Fsp3) is 0.647. The fourth-order valence-corrected chi connectivity index (χ4v) is 3.87. The molecule has 0 spiro atoms. The summed E-state index contributed by atoms with van der Waals surface area (Å²) in [6.07, 6.45) is 17.5. The molecule has 0 amide bonds. The molecule has 0 radical (unpaired) electrons. The monoisotopic (exact) mass is 478 g/mol. The van der Waals surface area contributed by atoms with Gasteiger partial charge in [-0.15, -0.1) is 6.58 Å². The van der Waals surface area contributed by atoms with Gasteiger partial charge in [-0.1, -0.05) is 108 Å². The molecule has 0 aromatic heterocycles. The largest absolute Gasteiger partial charge is 0.102 e. The smallest absolute Gasteiger partial charge is 0.00303 e. The molecule has 0 aliphatic rings. The zero-order valence-corrected chi connectivity index (χ0v) is 24.5. The summed E-state index contributed by atoms with van der Waals surface area (Å²) in [5, 5.41) is 0. The summed E-state index contributed by atoms with van der Waals surface area (Å²) in [4.78, 5) is 0. The molecule has 0 heteroatoms. The second kappa shape index (κ2) is 16.2. The van der Waals surface area contributed by atoms with Crippen molar-refractivity contribution < 1.29 is 0 Å². The Morgan fingerprint density at radius 3 is 1.88 bits per heavy atom. The second-order valence-electron chi connectivity index (χ2n) is 11.8. The molecule has 0 aliphatic heterocycles. The van der Waals surface area contributed by atoms with E-state index in [0.717, 1.165) is 19.3 Å². The summed E-state index contributed by atoms with van der Waals surface area (Å²) >= 11 is 0. The van der Waals surface area contributed by atoms with Gasteiger partial charge in [-0.2, -0.15) is 0 Å². The summed E-state index contributed by atoms with van der Waals surface area (Å²) in [6.45, 7) is 37.2. The summed E-state index contributed by atoms with van der Waals surface area (Å²) < 4.78 is 0. The van der Waals surface area contributed by atoms with Crippen molar-refractivity contribution in [2.24, 2.45) is 35.0 Å². The summed E-state index contributed by atoms with van der Waals surface area (Å²) in [5.41, 5.74) is 5.51. The molecule has 0 heterocycles. The Labute approximate surface area is 215 Å². The SMILES string of the molecule is CC(=[13CH2])C(C)[13CH2]/C=C(\[13CH3])C(C)[13CH2]CC([13CH3])(C=[13CH2])/[13CH]=C/C([13CH3])C[13CH2]C(C)C(=[13CH2])C[13CH2]C(C)C(C)=[13CH2]. The van der Waals surface area contributed by atoms with Gasteiger partial charge in [0, 0.05) is 5.41 Å². The molecule has 0 aliphatic carbocycles. The van der Waals surface area contributed by atoms with Gasteiger partial charge in [0.2, 0.25) is 0 Å². The maximum absolute atomic E-state index is 4.38. The zero-order valence-electron chi connectivity index (χ0n) is 24.5. The van der Waals surface area contributed by atoms with Crippen LogP contribution in [0.3, 0.4) is 0 Å². The highest BCUT2D eigenvalue weighted by molar-refractivity contribution is 5.11. The Morgan fingerprint density at radius 2 is 1.35 bits per heavy atom. The van der Waals surface area contributed by atoms with Crippen molar-refractivity contribution >= 4 is 0 Å². The van der Waals surface area contributed by atoms with Crippen LogP contribution in [0.4, 0.5) is 0 Å². The molecule has 6 unspecified atom stereocenters. The Balaban J connectivity index is 4.66. The van der Waals surface area contributed by atoms with Crippen LogP contribution in [0.2, 0.25) is 0 Å². The van der Waals surface area contributed by atoms with E-state index < -0.39 is 0 Å². The first-order valence-corrected chi connectivity index (χ1v) is 13.7. The van der Waals surface area contributed by atoms with Gasteiger partial charge in [0.1, 0.15) is 0 Å². The molecule has 194 valence electrons. The van der Waals surface area contributed by atoms with Crippen LogP contribution in [0.15, 0.2) is 72.9 Å². The number of hydrogen-bond acceptors (Lipinski definition) is 0. The van der Waals surface area contributed by atoms with E-state index in [1.807, 2.05) is 0 Å². The third-order valence-electron chi connectivity index (χ3n) is 8.29. The lowest BCUT2D eigenvalue weighted by atomic mass is 10.0. The lowest BCUT2D eigenvalue weighted by Gasteiger charge is -2.25. The van der Waals surface area contributed by atoms with Gasteiger partial charge in [0.15, 0.2) is 0 Å². The third kappa shape index (κ3) is 13.4. The van der Waals surface area contributed by atoms with Crippen molar-refractivity contribution in [3.8, 4) is 0 Å². The highest BCUT2D eigenvalue weighted by Gasteiger charge is 2.19. The predicted octanol–water partition coefficient (Wildman–Crippen LogP) is 11.3. The molecule has 0 saturated heterocycles. The van der Waals surface area contributed by atoms with Crippen molar-refractivity contribution in [1.29, 1.82) is 0 Å². The van der Waals surface area contributed by atoms with Crippen LogP contribution >= 0.6 is 0 Å². The lowest BCUT2D eigenvalue weighted by Crippen LogP contribution is -2.12. The van der Waals surface area contributed by atoms with Gasteiger partial charge >= 0.3 is 0 Å². The van der Waals surface area contributed by atoms with Crippen molar-refractivity contribution in [2.45, 2.75) is 107 Å². The highest BCUT2D eigenvalue weighted by atomic mass is 14.6. The molecule has 0 bridgehead atoms. The van der Waals surface area contributed by atoms with E-state index in [4.69, 9.17) is 0 Å². The van der Waals surface area contributed by atoms with Gasteiger partial charge in [0.25, 0.3) is 0 Å². The van der Waals surface area contributed by atoms with Crippen LogP contribution in [-0.2, 0) is 0 Å². The molecule has 0 aromatic rings. The van der Waals surface area contributed by atoms with E-state index in [9.17, 15) is 0 Å². The van der Waals surface area contributed by atoms with E-state index in [1.54, 1.807) is 0 Å². The topological polar surface area (TPSA) is 0 Å². The number of hydrogen-bond donors (Lipinski definition) is 0. The molecule has 0 fully saturated rings. The minimum atomic E-state index is 0.0572. The van der Waals surface area contributed by atoms with Crippen LogP contribution in [0.5, 0.6) is 0 Å². The number of rotatable bonds is 18. The second-order valence-corrected chi connectivity index (χ2v) is 11.8. The molecule has 0 N–H and O–H groups in total. The van der Waals surface area contributed by atoms with Gasteiger partial charge in [-0.25, -0.2) is 0 Å². The first-order chi connectivity index (χ1) is 15.7. The van der Waals surface area contributed by atoms with Crippen molar-refractivity contribution in [1.82, 2.24) is 0 Å². The Hall–Kier alpha value is -1.56. The molecule has 34 heavy (non-hydrogen) atoms. The van der Waals surface area contributed by atoms with Crippen molar-refractivity contribution in [3.05, 3.63) is 72.9 Å². The van der Waals surface area contributed by atoms with E-state index in [2.05, 4.69) is 113 Å². The van der Waals surface area contributed by atoms with Crippen LogP contribution < -0.4 is 0 Å². The van der Waals surface area contributed by atoms with Crippen LogP contribution in [-0.4, -0.2) is 0 Å². The normalized spacial score (nSPS) is 18.6. The first-order valence-electron chi connectivity index (χ1n) is 13.7. The molecular weight excluding hydrogens is 420 g/mol. The summed E-state index contributed by atoms with van der Waals surface area (Å²) in [5.74, 6) is 2.91. The number of allylic oxidation sites excluding steroid dienone is 8. The zero-order chi connectivity index (χ0) is 26.5.